The Bertz CT molecular complexity index is 441. The highest BCUT2D eigenvalue weighted by Crippen LogP contribution is 2.38. The van der Waals surface area contributed by atoms with Gasteiger partial charge in [0.05, 0.1) is 6.10 Å². The maximum absolute atomic E-state index is 10.5. The predicted molar refractivity (Wildman–Crippen MR) is 87.2 cm³/mol. The number of benzene rings is 1. The number of hydrogen-bond donors (Lipinski definition) is 1. The van der Waals surface area contributed by atoms with Crippen molar-refractivity contribution in [3.63, 3.8) is 0 Å². The summed E-state index contributed by atoms with van der Waals surface area (Å²) < 4.78 is 0. The van der Waals surface area contributed by atoms with E-state index in [1.165, 1.54) is 37.9 Å². The Kier molecular flexibility index (Phi) is 4.66. The van der Waals surface area contributed by atoms with E-state index >= 15 is 0 Å². The first-order valence-electron chi connectivity index (χ1n) is 8.61. The van der Waals surface area contributed by atoms with Gasteiger partial charge in [-0.1, -0.05) is 44.5 Å². The van der Waals surface area contributed by atoms with Crippen LogP contribution in [0.4, 0.5) is 0 Å². The molecule has 2 nitrogen and oxygen atoms in total. The lowest BCUT2D eigenvalue weighted by atomic mass is 10.00. The smallest absolute Gasteiger partial charge is 0.0916 e. The third-order valence-electron chi connectivity index (χ3n) is 5.24. The molecule has 1 aliphatic heterocycles. The highest BCUT2D eigenvalue weighted by Gasteiger charge is 2.36. The summed E-state index contributed by atoms with van der Waals surface area (Å²) in [6, 6.07) is 8.58. The maximum Gasteiger partial charge on any atom is 0.0916 e. The summed E-state index contributed by atoms with van der Waals surface area (Å²) in [5.41, 5.74) is 2.44. The van der Waals surface area contributed by atoms with E-state index in [-0.39, 0.29) is 6.10 Å². The molecule has 1 aromatic rings. The van der Waals surface area contributed by atoms with E-state index in [0.717, 1.165) is 30.4 Å². The first-order valence-corrected chi connectivity index (χ1v) is 8.61. The molecule has 3 unspecified atom stereocenters. The van der Waals surface area contributed by atoms with Gasteiger partial charge in [-0.3, -0.25) is 4.90 Å². The lowest BCUT2D eigenvalue weighted by Crippen LogP contribution is -2.27. The number of β-amino-alcohol motifs (C(OH)–C–C–N with tert-alkyl or cyclic N) is 1. The van der Waals surface area contributed by atoms with Gasteiger partial charge in [-0.25, -0.2) is 0 Å². The zero-order valence-corrected chi connectivity index (χ0v) is 13.5. The van der Waals surface area contributed by atoms with Gasteiger partial charge in [-0.2, -0.15) is 0 Å². The van der Waals surface area contributed by atoms with Crippen LogP contribution in [0.15, 0.2) is 24.3 Å². The summed E-state index contributed by atoms with van der Waals surface area (Å²) in [5.74, 6) is 2.50. The van der Waals surface area contributed by atoms with Gasteiger partial charge in [0, 0.05) is 19.6 Å². The molecule has 1 heterocycles. The van der Waals surface area contributed by atoms with Gasteiger partial charge in [-0.05, 0) is 48.1 Å². The van der Waals surface area contributed by atoms with Crippen LogP contribution >= 0.6 is 0 Å². The molecule has 1 saturated heterocycles. The topological polar surface area (TPSA) is 23.5 Å². The van der Waals surface area contributed by atoms with Crippen LogP contribution in [-0.4, -0.2) is 29.6 Å². The lowest BCUT2D eigenvalue weighted by molar-refractivity contribution is 0.122. The average molecular weight is 287 g/mol. The number of rotatable bonds is 5. The molecule has 0 radical (unpaired) electrons. The standard InChI is InChI=1S/C19H29NO/c1-14(2)10-15-6-8-16(9-7-15)19(21)13-20-11-17-4-3-5-18(17)12-20/h6-9,14,17-19,21H,3-5,10-13H2,1-2H3. The molecule has 0 spiro atoms. The number of hydrogen-bond acceptors (Lipinski definition) is 2. The molecule has 3 atom stereocenters. The summed E-state index contributed by atoms with van der Waals surface area (Å²) in [6.45, 7) is 7.69. The van der Waals surface area contributed by atoms with E-state index in [0.29, 0.717) is 5.92 Å². The van der Waals surface area contributed by atoms with Crippen LogP contribution in [0.5, 0.6) is 0 Å². The van der Waals surface area contributed by atoms with Gasteiger partial charge in [0.25, 0.3) is 0 Å². The Morgan fingerprint density at radius 1 is 1.10 bits per heavy atom. The normalized spacial score (nSPS) is 27.2. The summed E-state index contributed by atoms with van der Waals surface area (Å²) in [7, 11) is 0. The van der Waals surface area contributed by atoms with E-state index in [2.05, 4.69) is 43.0 Å². The minimum atomic E-state index is -0.336. The fourth-order valence-electron chi connectivity index (χ4n) is 4.18. The van der Waals surface area contributed by atoms with Crippen molar-refractivity contribution < 1.29 is 5.11 Å². The van der Waals surface area contributed by atoms with Gasteiger partial charge in [-0.15, -0.1) is 0 Å². The number of likely N-dealkylation sites (tertiary alicyclic amines) is 1. The number of nitrogens with zero attached hydrogens (tertiary/aromatic N) is 1. The summed E-state index contributed by atoms with van der Waals surface area (Å²) >= 11 is 0. The van der Waals surface area contributed by atoms with Gasteiger partial charge < -0.3 is 5.11 Å². The summed E-state index contributed by atoms with van der Waals surface area (Å²) in [6.07, 6.45) is 5.01. The summed E-state index contributed by atoms with van der Waals surface area (Å²) in [5, 5.41) is 10.5. The first kappa shape index (κ1) is 15.1. The van der Waals surface area contributed by atoms with Crippen molar-refractivity contribution in [1.82, 2.24) is 4.90 Å². The van der Waals surface area contributed by atoms with Gasteiger partial charge in [0.15, 0.2) is 0 Å². The second-order valence-corrected chi connectivity index (χ2v) is 7.52. The second-order valence-electron chi connectivity index (χ2n) is 7.52. The van der Waals surface area contributed by atoms with Crippen LogP contribution in [0.1, 0.15) is 50.3 Å². The third kappa shape index (κ3) is 3.67. The highest BCUT2D eigenvalue weighted by atomic mass is 16.3. The Hall–Kier alpha value is -0.860. The molecule has 1 aliphatic carbocycles. The molecule has 21 heavy (non-hydrogen) atoms. The Balaban J connectivity index is 1.54. The molecule has 0 bridgehead atoms. The average Bonchev–Trinajstić information content (AvgIpc) is 2.99. The molecule has 0 aromatic heterocycles. The van der Waals surface area contributed by atoms with Gasteiger partial charge in [0.2, 0.25) is 0 Å². The molecule has 116 valence electrons. The molecule has 0 amide bonds. The van der Waals surface area contributed by atoms with E-state index in [1.54, 1.807) is 0 Å². The SMILES string of the molecule is CC(C)Cc1ccc(C(O)CN2CC3CCCC3C2)cc1. The monoisotopic (exact) mass is 287 g/mol. The largest absolute Gasteiger partial charge is 0.387 e. The first-order chi connectivity index (χ1) is 10.1. The third-order valence-corrected chi connectivity index (χ3v) is 5.24. The molecular weight excluding hydrogens is 258 g/mol. The van der Waals surface area contributed by atoms with Gasteiger partial charge in [0.1, 0.15) is 0 Å². The molecule has 3 rings (SSSR count). The second kappa shape index (κ2) is 6.50. The molecule has 1 saturated carbocycles. The Morgan fingerprint density at radius 2 is 1.71 bits per heavy atom. The molecular formula is C19H29NO. The van der Waals surface area contributed by atoms with E-state index in [1.807, 2.05) is 0 Å². The summed E-state index contributed by atoms with van der Waals surface area (Å²) in [4.78, 5) is 2.47. The van der Waals surface area contributed by atoms with Gasteiger partial charge >= 0.3 is 0 Å². The molecule has 1 N–H and O–H groups in total. The zero-order valence-electron chi connectivity index (χ0n) is 13.5. The molecule has 2 heteroatoms. The van der Waals surface area contributed by atoms with Crippen molar-refractivity contribution in [2.45, 2.75) is 45.6 Å². The fourth-order valence-corrected chi connectivity index (χ4v) is 4.18. The highest BCUT2D eigenvalue weighted by molar-refractivity contribution is 5.24. The van der Waals surface area contributed by atoms with Crippen LogP contribution in [0.3, 0.4) is 0 Å². The van der Waals surface area contributed by atoms with Crippen LogP contribution in [-0.2, 0) is 6.42 Å². The Morgan fingerprint density at radius 3 is 2.29 bits per heavy atom. The lowest BCUT2D eigenvalue weighted by Gasteiger charge is -2.21. The molecule has 2 fully saturated rings. The van der Waals surface area contributed by atoms with E-state index < -0.39 is 0 Å². The number of aliphatic hydroxyl groups is 1. The van der Waals surface area contributed by atoms with Crippen LogP contribution < -0.4 is 0 Å². The Labute approximate surface area is 129 Å². The van der Waals surface area contributed by atoms with E-state index in [4.69, 9.17) is 0 Å². The quantitative estimate of drug-likeness (QED) is 0.893. The minimum Gasteiger partial charge on any atom is -0.387 e. The molecule has 1 aromatic carbocycles. The van der Waals surface area contributed by atoms with Crippen LogP contribution in [0.2, 0.25) is 0 Å². The van der Waals surface area contributed by atoms with E-state index in [9.17, 15) is 5.11 Å². The van der Waals surface area contributed by atoms with Crippen molar-refractivity contribution in [3.05, 3.63) is 35.4 Å². The van der Waals surface area contributed by atoms with Crippen molar-refractivity contribution in [1.29, 1.82) is 0 Å². The number of fused-ring (bicyclic) bond motifs is 1. The fraction of sp³-hybridized carbons (Fsp3) is 0.684. The van der Waals surface area contributed by atoms with Crippen molar-refractivity contribution in [2.24, 2.45) is 17.8 Å². The predicted octanol–water partition coefficient (Wildman–Crippen LogP) is 3.65. The van der Waals surface area contributed by atoms with Crippen molar-refractivity contribution in [2.75, 3.05) is 19.6 Å². The van der Waals surface area contributed by atoms with Crippen molar-refractivity contribution in [3.8, 4) is 0 Å². The minimum absolute atomic E-state index is 0.336. The van der Waals surface area contributed by atoms with Crippen LogP contribution in [0, 0.1) is 17.8 Å². The van der Waals surface area contributed by atoms with Crippen molar-refractivity contribution >= 4 is 0 Å². The maximum atomic E-state index is 10.5. The van der Waals surface area contributed by atoms with Crippen LogP contribution in [0.25, 0.3) is 0 Å². The number of aliphatic hydroxyl groups excluding tert-OH is 1. The zero-order chi connectivity index (χ0) is 14.8. The molecule has 2 aliphatic rings.